The molecule has 1 aliphatic heterocycles. The van der Waals surface area contributed by atoms with Gasteiger partial charge in [0.15, 0.2) is 11.6 Å². The second-order valence-corrected chi connectivity index (χ2v) is 4.83. The summed E-state index contributed by atoms with van der Waals surface area (Å²) in [6.07, 6.45) is 1.72. The maximum absolute atomic E-state index is 13.5. The van der Waals surface area contributed by atoms with E-state index in [2.05, 4.69) is 5.32 Å². The Labute approximate surface area is 111 Å². The number of piperidine rings is 1. The van der Waals surface area contributed by atoms with Crippen LogP contribution in [0.3, 0.4) is 0 Å². The smallest absolute Gasteiger partial charge is 0.227 e. The van der Waals surface area contributed by atoms with Crippen molar-refractivity contribution in [2.24, 2.45) is 0 Å². The summed E-state index contributed by atoms with van der Waals surface area (Å²) in [6.45, 7) is 1.34. The first-order chi connectivity index (χ1) is 9.11. The molecule has 104 valence electrons. The Morgan fingerprint density at radius 3 is 2.68 bits per heavy atom. The molecule has 0 atom stereocenters. The highest BCUT2D eigenvalue weighted by atomic mass is 19.2. The van der Waals surface area contributed by atoms with E-state index < -0.39 is 11.6 Å². The molecule has 0 aromatic heterocycles. The average molecular weight is 268 g/mol. The van der Waals surface area contributed by atoms with Gasteiger partial charge in [-0.25, -0.2) is 8.78 Å². The zero-order chi connectivity index (χ0) is 13.8. The van der Waals surface area contributed by atoms with Crippen LogP contribution in [0.15, 0.2) is 18.2 Å². The first-order valence-corrected chi connectivity index (χ1v) is 6.49. The molecular weight excluding hydrogens is 250 g/mol. The van der Waals surface area contributed by atoms with Gasteiger partial charge in [0.25, 0.3) is 0 Å². The lowest BCUT2D eigenvalue weighted by Crippen LogP contribution is -2.44. The van der Waals surface area contributed by atoms with Crippen LogP contribution < -0.4 is 5.32 Å². The number of halogens is 2. The molecule has 2 rings (SSSR count). The Kier molecular flexibility index (Phi) is 4.47. The van der Waals surface area contributed by atoms with E-state index in [1.807, 2.05) is 7.05 Å². The minimum atomic E-state index is -0.916. The maximum atomic E-state index is 13.5. The Balaban J connectivity index is 1.96. The standard InChI is InChI=1S/C14H18F2N2O/c1-17-11-5-7-18(8-6-11)13(19)9-10-3-2-4-12(15)14(10)16/h2-4,11,17H,5-9H2,1H3. The van der Waals surface area contributed by atoms with E-state index in [0.29, 0.717) is 19.1 Å². The van der Waals surface area contributed by atoms with Gasteiger partial charge in [-0.2, -0.15) is 0 Å². The summed E-state index contributed by atoms with van der Waals surface area (Å²) in [6, 6.07) is 4.38. The van der Waals surface area contributed by atoms with Gasteiger partial charge < -0.3 is 10.2 Å². The minimum absolute atomic E-state index is 0.0756. The molecule has 5 heteroatoms. The monoisotopic (exact) mass is 268 g/mol. The van der Waals surface area contributed by atoms with E-state index in [1.165, 1.54) is 12.1 Å². The van der Waals surface area contributed by atoms with Crippen molar-refractivity contribution in [2.75, 3.05) is 20.1 Å². The molecule has 3 nitrogen and oxygen atoms in total. The Morgan fingerprint density at radius 2 is 2.05 bits per heavy atom. The molecule has 1 aromatic carbocycles. The molecule has 1 heterocycles. The Bertz CT molecular complexity index is 457. The zero-order valence-electron chi connectivity index (χ0n) is 11.0. The van der Waals surface area contributed by atoms with Crippen molar-refractivity contribution in [1.29, 1.82) is 0 Å². The summed E-state index contributed by atoms with van der Waals surface area (Å²) in [7, 11) is 1.91. The molecule has 0 radical (unpaired) electrons. The average Bonchev–Trinajstić information content (AvgIpc) is 2.44. The van der Waals surface area contributed by atoms with Crippen molar-refractivity contribution in [2.45, 2.75) is 25.3 Å². The molecule has 1 aromatic rings. The molecule has 1 N–H and O–H groups in total. The molecule has 1 amide bonds. The number of likely N-dealkylation sites (tertiary alicyclic amines) is 1. The van der Waals surface area contributed by atoms with Crippen LogP contribution in [0.5, 0.6) is 0 Å². The van der Waals surface area contributed by atoms with E-state index in [4.69, 9.17) is 0 Å². The minimum Gasteiger partial charge on any atom is -0.342 e. The molecule has 1 saturated heterocycles. The molecule has 0 spiro atoms. The predicted molar refractivity (Wildman–Crippen MR) is 68.7 cm³/mol. The number of nitrogens with one attached hydrogen (secondary N) is 1. The van der Waals surface area contributed by atoms with Crippen molar-refractivity contribution in [1.82, 2.24) is 10.2 Å². The zero-order valence-corrected chi connectivity index (χ0v) is 11.0. The van der Waals surface area contributed by atoms with Crippen molar-refractivity contribution in [3.8, 4) is 0 Å². The van der Waals surface area contributed by atoms with Crippen LogP contribution >= 0.6 is 0 Å². The third kappa shape index (κ3) is 3.29. The lowest BCUT2D eigenvalue weighted by Gasteiger charge is -2.31. The number of benzene rings is 1. The lowest BCUT2D eigenvalue weighted by molar-refractivity contribution is -0.131. The lowest BCUT2D eigenvalue weighted by atomic mass is 10.0. The molecule has 19 heavy (non-hydrogen) atoms. The second kappa shape index (κ2) is 6.10. The van der Waals surface area contributed by atoms with Gasteiger partial charge in [0, 0.05) is 24.7 Å². The molecule has 1 aliphatic rings. The number of nitrogens with zero attached hydrogens (tertiary/aromatic N) is 1. The highest BCUT2D eigenvalue weighted by Gasteiger charge is 2.22. The molecule has 0 saturated carbocycles. The fraction of sp³-hybridized carbons (Fsp3) is 0.500. The van der Waals surface area contributed by atoms with Gasteiger partial charge in [0.1, 0.15) is 0 Å². The van der Waals surface area contributed by atoms with Crippen LogP contribution in [-0.4, -0.2) is 37.0 Å². The summed E-state index contributed by atoms with van der Waals surface area (Å²) in [4.78, 5) is 13.8. The summed E-state index contributed by atoms with van der Waals surface area (Å²) < 4.78 is 26.6. The Hall–Kier alpha value is -1.49. The molecule has 0 aliphatic carbocycles. The van der Waals surface area contributed by atoms with Crippen LogP contribution in [0.1, 0.15) is 18.4 Å². The highest BCUT2D eigenvalue weighted by Crippen LogP contribution is 2.15. The van der Waals surface area contributed by atoms with E-state index >= 15 is 0 Å². The number of rotatable bonds is 3. The van der Waals surface area contributed by atoms with Gasteiger partial charge in [-0.3, -0.25) is 4.79 Å². The van der Waals surface area contributed by atoms with Gasteiger partial charge in [-0.15, -0.1) is 0 Å². The van der Waals surface area contributed by atoms with Crippen molar-refractivity contribution in [3.05, 3.63) is 35.4 Å². The van der Waals surface area contributed by atoms with Crippen molar-refractivity contribution >= 4 is 5.91 Å². The highest BCUT2D eigenvalue weighted by molar-refractivity contribution is 5.78. The number of carbonyl (C=O) groups is 1. The van der Waals surface area contributed by atoms with Gasteiger partial charge in [0.05, 0.1) is 6.42 Å². The molecular formula is C14H18F2N2O. The molecule has 1 fully saturated rings. The SMILES string of the molecule is CNC1CCN(C(=O)Cc2cccc(F)c2F)CC1. The number of amides is 1. The largest absolute Gasteiger partial charge is 0.342 e. The first-order valence-electron chi connectivity index (χ1n) is 6.49. The number of hydrogen-bond acceptors (Lipinski definition) is 2. The fourth-order valence-electron chi connectivity index (χ4n) is 2.38. The third-order valence-corrected chi connectivity index (χ3v) is 3.63. The topological polar surface area (TPSA) is 32.3 Å². The van der Waals surface area contributed by atoms with Gasteiger partial charge in [-0.1, -0.05) is 12.1 Å². The fourth-order valence-corrected chi connectivity index (χ4v) is 2.38. The van der Waals surface area contributed by atoms with E-state index in [0.717, 1.165) is 18.9 Å². The van der Waals surface area contributed by atoms with Gasteiger partial charge in [-0.05, 0) is 26.0 Å². The van der Waals surface area contributed by atoms with Crippen molar-refractivity contribution in [3.63, 3.8) is 0 Å². The predicted octanol–water partition coefficient (Wildman–Crippen LogP) is 1.72. The van der Waals surface area contributed by atoms with Crippen LogP contribution in [0, 0.1) is 11.6 Å². The van der Waals surface area contributed by atoms with E-state index in [-0.39, 0.29) is 17.9 Å². The third-order valence-electron chi connectivity index (χ3n) is 3.63. The summed E-state index contributed by atoms with van der Waals surface area (Å²) >= 11 is 0. The quantitative estimate of drug-likeness (QED) is 0.905. The van der Waals surface area contributed by atoms with E-state index in [1.54, 1.807) is 4.90 Å². The number of hydrogen-bond donors (Lipinski definition) is 1. The normalized spacial score (nSPS) is 16.7. The summed E-state index contributed by atoms with van der Waals surface area (Å²) in [5, 5.41) is 3.18. The summed E-state index contributed by atoms with van der Waals surface area (Å²) in [5.41, 5.74) is 0.126. The summed E-state index contributed by atoms with van der Waals surface area (Å²) in [5.74, 6) is -1.96. The molecule has 0 unspecified atom stereocenters. The number of carbonyl (C=O) groups excluding carboxylic acids is 1. The van der Waals surface area contributed by atoms with Gasteiger partial charge >= 0.3 is 0 Å². The van der Waals surface area contributed by atoms with Crippen molar-refractivity contribution < 1.29 is 13.6 Å². The maximum Gasteiger partial charge on any atom is 0.227 e. The van der Waals surface area contributed by atoms with Crippen LogP contribution in [-0.2, 0) is 11.2 Å². The Morgan fingerprint density at radius 1 is 1.37 bits per heavy atom. The molecule has 0 bridgehead atoms. The van der Waals surface area contributed by atoms with Crippen LogP contribution in [0.25, 0.3) is 0 Å². The van der Waals surface area contributed by atoms with Crippen LogP contribution in [0.2, 0.25) is 0 Å². The first kappa shape index (κ1) is 13.9. The van der Waals surface area contributed by atoms with Crippen LogP contribution in [0.4, 0.5) is 8.78 Å². The second-order valence-electron chi connectivity index (χ2n) is 4.83. The van der Waals surface area contributed by atoms with Gasteiger partial charge in [0.2, 0.25) is 5.91 Å². The van der Waals surface area contributed by atoms with E-state index in [9.17, 15) is 13.6 Å².